The normalized spacial score (nSPS) is 10.0. The Labute approximate surface area is 153 Å². The van der Waals surface area contributed by atoms with E-state index in [9.17, 15) is 4.79 Å². The number of nitrogens with zero attached hydrogens (tertiary/aromatic N) is 3. The summed E-state index contributed by atoms with van der Waals surface area (Å²) in [6.45, 7) is 0.229. The highest BCUT2D eigenvalue weighted by atomic mass is 79.9. The van der Waals surface area contributed by atoms with Gasteiger partial charge in [0.2, 0.25) is 0 Å². The molecule has 7 heteroatoms. The van der Waals surface area contributed by atoms with Gasteiger partial charge in [0, 0.05) is 15.6 Å². The Kier molecular flexibility index (Phi) is 6.70. The summed E-state index contributed by atoms with van der Waals surface area (Å²) < 4.78 is 6.62. The third-order valence-corrected chi connectivity index (χ3v) is 3.62. The van der Waals surface area contributed by atoms with Crippen molar-refractivity contribution < 1.29 is 9.53 Å². The third kappa shape index (κ3) is 5.45. The summed E-state index contributed by atoms with van der Waals surface area (Å²) in [6.07, 6.45) is 1.18. The number of hydrogen-bond acceptors (Lipinski definition) is 5. The van der Waals surface area contributed by atoms with Crippen LogP contribution in [0.3, 0.4) is 0 Å². The second kappa shape index (κ2) is 9.21. The lowest BCUT2D eigenvalue weighted by Gasteiger charge is -2.10. The van der Waals surface area contributed by atoms with E-state index in [2.05, 4.69) is 32.5 Å². The molecular weight excluding hydrogens is 384 g/mol. The standard InChI is InChI=1S/C18H13BrN4O2/c19-16-5-6-17(15(9-16)11-22-23-18(24)7-8-20)25-12-14-4-2-1-3-13(14)10-21/h1-6,9,11H,7,12H2,(H,23,24)/b22-11+. The zero-order valence-electron chi connectivity index (χ0n) is 13.1. The van der Waals surface area contributed by atoms with Crippen LogP contribution in [-0.2, 0) is 11.4 Å². The summed E-state index contributed by atoms with van der Waals surface area (Å²) in [6, 6.07) is 16.4. The van der Waals surface area contributed by atoms with E-state index in [-0.39, 0.29) is 13.0 Å². The van der Waals surface area contributed by atoms with Crippen LogP contribution in [0.2, 0.25) is 0 Å². The van der Waals surface area contributed by atoms with Gasteiger partial charge >= 0.3 is 0 Å². The van der Waals surface area contributed by atoms with E-state index in [4.69, 9.17) is 15.3 Å². The van der Waals surface area contributed by atoms with Gasteiger partial charge in [0.1, 0.15) is 18.8 Å². The molecule has 0 saturated heterocycles. The number of ether oxygens (including phenoxy) is 1. The Morgan fingerprint density at radius 2 is 2.08 bits per heavy atom. The van der Waals surface area contributed by atoms with Crippen LogP contribution in [0.1, 0.15) is 23.1 Å². The lowest BCUT2D eigenvalue weighted by molar-refractivity contribution is -0.120. The molecule has 0 unspecified atom stereocenters. The lowest BCUT2D eigenvalue weighted by atomic mass is 10.1. The van der Waals surface area contributed by atoms with E-state index in [1.54, 1.807) is 30.3 Å². The molecule has 0 aliphatic carbocycles. The predicted molar refractivity (Wildman–Crippen MR) is 95.6 cm³/mol. The smallest absolute Gasteiger partial charge is 0.254 e. The van der Waals surface area contributed by atoms with E-state index in [0.29, 0.717) is 16.9 Å². The van der Waals surface area contributed by atoms with Crippen LogP contribution in [0.4, 0.5) is 0 Å². The van der Waals surface area contributed by atoms with Crippen LogP contribution >= 0.6 is 15.9 Å². The van der Waals surface area contributed by atoms with Crippen LogP contribution < -0.4 is 10.2 Å². The molecule has 0 aromatic heterocycles. The fraction of sp³-hybridized carbons (Fsp3) is 0.111. The topological polar surface area (TPSA) is 98.3 Å². The highest BCUT2D eigenvalue weighted by Gasteiger charge is 2.06. The maximum Gasteiger partial charge on any atom is 0.254 e. The molecule has 124 valence electrons. The number of nitriles is 2. The average molecular weight is 397 g/mol. The van der Waals surface area contributed by atoms with Crippen molar-refractivity contribution in [3.8, 4) is 17.9 Å². The minimum absolute atomic E-state index is 0.229. The van der Waals surface area contributed by atoms with Gasteiger partial charge in [0.05, 0.1) is 23.9 Å². The molecule has 0 aliphatic rings. The number of carbonyl (C=O) groups is 1. The number of amides is 1. The molecule has 0 atom stereocenters. The Morgan fingerprint density at radius 3 is 2.84 bits per heavy atom. The van der Waals surface area contributed by atoms with E-state index < -0.39 is 5.91 Å². The van der Waals surface area contributed by atoms with Crippen LogP contribution in [0.15, 0.2) is 52.0 Å². The summed E-state index contributed by atoms with van der Waals surface area (Å²) in [4.78, 5) is 11.2. The fourth-order valence-corrected chi connectivity index (χ4v) is 2.33. The number of halogens is 1. The van der Waals surface area contributed by atoms with Gasteiger partial charge in [-0.05, 0) is 24.3 Å². The molecule has 0 radical (unpaired) electrons. The number of nitrogens with one attached hydrogen (secondary N) is 1. The van der Waals surface area contributed by atoms with Crippen molar-refractivity contribution in [2.75, 3.05) is 0 Å². The number of hydrazone groups is 1. The van der Waals surface area contributed by atoms with Crippen molar-refractivity contribution in [1.82, 2.24) is 5.43 Å². The number of rotatable bonds is 6. The van der Waals surface area contributed by atoms with Crippen LogP contribution in [0.25, 0.3) is 0 Å². The van der Waals surface area contributed by atoms with Gasteiger partial charge in [0.15, 0.2) is 0 Å². The van der Waals surface area contributed by atoms with Crippen molar-refractivity contribution in [2.45, 2.75) is 13.0 Å². The first-order valence-corrected chi connectivity index (χ1v) is 8.02. The maximum absolute atomic E-state index is 11.2. The molecule has 0 saturated carbocycles. The minimum atomic E-state index is -0.487. The molecule has 0 spiro atoms. The van der Waals surface area contributed by atoms with Crippen molar-refractivity contribution in [3.05, 3.63) is 63.6 Å². The monoisotopic (exact) mass is 396 g/mol. The molecule has 6 nitrogen and oxygen atoms in total. The van der Waals surface area contributed by atoms with Crippen molar-refractivity contribution >= 4 is 28.1 Å². The predicted octanol–water partition coefficient (Wildman–Crippen LogP) is 3.26. The van der Waals surface area contributed by atoms with E-state index in [0.717, 1.165) is 10.0 Å². The van der Waals surface area contributed by atoms with Crippen molar-refractivity contribution in [1.29, 1.82) is 10.5 Å². The van der Waals surface area contributed by atoms with Gasteiger partial charge < -0.3 is 4.74 Å². The second-order valence-corrected chi connectivity index (χ2v) is 5.78. The molecule has 2 rings (SSSR count). The van der Waals surface area contributed by atoms with E-state index in [1.165, 1.54) is 6.21 Å². The second-order valence-electron chi connectivity index (χ2n) is 4.87. The van der Waals surface area contributed by atoms with E-state index in [1.807, 2.05) is 18.2 Å². The van der Waals surface area contributed by atoms with Gasteiger partial charge in [0.25, 0.3) is 5.91 Å². The first kappa shape index (κ1) is 18.2. The van der Waals surface area contributed by atoms with E-state index >= 15 is 0 Å². The summed E-state index contributed by atoms with van der Waals surface area (Å²) in [5.41, 5.74) is 4.24. The zero-order chi connectivity index (χ0) is 18.1. The maximum atomic E-state index is 11.2. The molecule has 0 aliphatic heterocycles. The zero-order valence-corrected chi connectivity index (χ0v) is 14.7. The quantitative estimate of drug-likeness (QED) is 0.598. The molecule has 2 aromatic carbocycles. The van der Waals surface area contributed by atoms with Gasteiger partial charge in [-0.3, -0.25) is 4.79 Å². The Balaban J connectivity index is 2.13. The summed E-state index contributed by atoms with van der Waals surface area (Å²) in [5.74, 6) is 0.0633. The number of hydrogen-bond donors (Lipinski definition) is 1. The Morgan fingerprint density at radius 1 is 1.28 bits per heavy atom. The third-order valence-electron chi connectivity index (χ3n) is 3.13. The molecule has 0 heterocycles. The molecule has 0 bridgehead atoms. The molecule has 1 amide bonds. The summed E-state index contributed by atoms with van der Waals surface area (Å²) in [5, 5.41) is 21.4. The largest absolute Gasteiger partial charge is 0.488 e. The molecule has 1 N–H and O–H groups in total. The van der Waals surface area contributed by atoms with Gasteiger partial charge in [-0.1, -0.05) is 34.1 Å². The lowest BCUT2D eigenvalue weighted by Crippen LogP contribution is -2.16. The van der Waals surface area contributed by atoms with Gasteiger partial charge in [-0.25, -0.2) is 5.43 Å². The first-order chi connectivity index (χ1) is 12.1. The van der Waals surface area contributed by atoms with Crippen LogP contribution in [-0.4, -0.2) is 12.1 Å². The highest BCUT2D eigenvalue weighted by Crippen LogP contribution is 2.23. The molecule has 25 heavy (non-hydrogen) atoms. The number of benzene rings is 2. The van der Waals surface area contributed by atoms with Gasteiger partial charge in [-0.2, -0.15) is 15.6 Å². The molecule has 0 fully saturated rings. The average Bonchev–Trinajstić information content (AvgIpc) is 2.61. The minimum Gasteiger partial charge on any atom is -0.488 e. The van der Waals surface area contributed by atoms with Crippen molar-refractivity contribution in [3.63, 3.8) is 0 Å². The SMILES string of the molecule is N#CCC(=O)N/N=C/c1cc(Br)ccc1OCc1ccccc1C#N. The Bertz CT molecular complexity index is 881. The van der Waals surface area contributed by atoms with Crippen LogP contribution in [0, 0.1) is 22.7 Å². The Hall–Kier alpha value is -3.16. The summed E-state index contributed by atoms with van der Waals surface area (Å²) >= 11 is 3.37. The number of carbonyl (C=O) groups excluding carboxylic acids is 1. The fourth-order valence-electron chi connectivity index (χ4n) is 1.95. The van der Waals surface area contributed by atoms with Gasteiger partial charge in [-0.15, -0.1) is 0 Å². The van der Waals surface area contributed by atoms with Crippen LogP contribution in [0.5, 0.6) is 5.75 Å². The van der Waals surface area contributed by atoms with Crippen molar-refractivity contribution in [2.24, 2.45) is 5.10 Å². The summed E-state index contributed by atoms with van der Waals surface area (Å²) in [7, 11) is 0. The highest BCUT2D eigenvalue weighted by molar-refractivity contribution is 9.10. The molecule has 2 aromatic rings. The molecular formula is C18H13BrN4O2. The first-order valence-electron chi connectivity index (χ1n) is 7.23.